The summed E-state index contributed by atoms with van der Waals surface area (Å²) in [5.74, 6) is -1.80. The summed E-state index contributed by atoms with van der Waals surface area (Å²) < 4.78 is 71.3. The Hall–Kier alpha value is -3.32. The standard InChI is InChI=1S/C19H17F3N6O3S/c1-12-9-28(5-4-25-32(29,30)10-13-7-23-11-24-8-13)16-3-2-14(6-15(12)16)17-26-18(31-27-17)19(20,21)22/h2-3,6-9,11,25H,4-5,10H2,1H3. The zero-order valence-corrected chi connectivity index (χ0v) is 17.5. The van der Waals surface area contributed by atoms with Crippen molar-refractivity contribution in [2.45, 2.75) is 25.4 Å². The van der Waals surface area contributed by atoms with Crippen molar-refractivity contribution in [3.8, 4) is 11.4 Å². The molecule has 13 heteroatoms. The largest absolute Gasteiger partial charge is 0.471 e. The van der Waals surface area contributed by atoms with E-state index in [4.69, 9.17) is 0 Å². The third kappa shape index (κ3) is 4.78. The Morgan fingerprint density at radius 2 is 1.94 bits per heavy atom. The third-order valence-corrected chi connectivity index (χ3v) is 6.01. The first-order valence-corrected chi connectivity index (χ1v) is 11.0. The molecular formula is C19H17F3N6O3S. The number of halogens is 3. The molecule has 0 atom stereocenters. The van der Waals surface area contributed by atoms with Gasteiger partial charge >= 0.3 is 12.1 Å². The van der Waals surface area contributed by atoms with Gasteiger partial charge in [0.25, 0.3) is 0 Å². The molecule has 168 valence electrons. The summed E-state index contributed by atoms with van der Waals surface area (Å²) in [6, 6.07) is 4.98. The van der Waals surface area contributed by atoms with Crippen molar-refractivity contribution >= 4 is 20.9 Å². The number of fused-ring (bicyclic) bond motifs is 1. The van der Waals surface area contributed by atoms with Crippen LogP contribution < -0.4 is 4.72 Å². The molecule has 0 spiro atoms. The summed E-state index contributed by atoms with van der Waals surface area (Å²) in [6.45, 7) is 2.36. The average Bonchev–Trinajstić information content (AvgIpc) is 3.34. The van der Waals surface area contributed by atoms with Gasteiger partial charge in [-0.3, -0.25) is 0 Å². The predicted octanol–water partition coefficient (Wildman–Crippen LogP) is 2.93. The molecule has 1 N–H and O–H groups in total. The van der Waals surface area contributed by atoms with Gasteiger partial charge in [-0.1, -0.05) is 5.16 Å². The molecule has 0 aliphatic heterocycles. The van der Waals surface area contributed by atoms with Crippen LogP contribution >= 0.6 is 0 Å². The molecule has 0 saturated carbocycles. The molecule has 1 aromatic carbocycles. The van der Waals surface area contributed by atoms with Crippen molar-refractivity contribution in [3.05, 3.63) is 60.1 Å². The molecule has 0 aliphatic rings. The van der Waals surface area contributed by atoms with Crippen LogP contribution in [-0.4, -0.2) is 39.6 Å². The van der Waals surface area contributed by atoms with Gasteiger partial charge in [0, 0.05) is 53.7 Å². The van der Waals surface area contributed by atoms with Crippen LogP contribution in [0.25, 0.3) is 22.3 Å². The van der Waals surface area contributed by atoms with E-state index in [1.807, 2.05) is 17.7 Å². The quantitative estimate of drug-likeness (QED) is 0.445. The van der Waals surface area contributed by atoms with Gasteiger partial charge < -0.3 is 9.09 Å². The lowest BCUT2D eigenvalue weighted by molar-refractivity contribution is -0.159. The fourth-order valence-electron chi connectivity index (χ4n) is 3.25. The highest BCUT2D eigenvalue weighted by molar-refractivity contribution is 7.88. The van der Waals surface area contributed by atoms with Gasteiger partial charge in [-0.15, -0.1) is 0 Å². The second-order valence-corrected chi connectivity index (χ2v) is 8.87. The third-order valence-electron chi connectivity index (χ3n) is 4.65. The second-order valence-electron chi connectivity index (χ2n) is 7.06. The van der Waals surface area contributed by atoms with Crippen LogP contribution in [0.15, 0.2) is 47.6 Å². The Bertz CT molecular complexity index is 1350. The van der Waals surface area contributed by atoms with E-state index in [-0.39, 0.29) is 18.1 Å². The number of nitrogens with one attached hydrogen (secondary N) is 1. The molecule has 9 nitrogen and oxygen atoms in total. The van der Waals surface area contributed by atoms with E-state index in [1.165, 1.54) is 18.7 Å². The maximum absolute atomic E-state index is 12.7. The summed E-state index contributed by atoms with van der Waals surface area (Å²) in [4.78, 5) is 11.0. The highest BCUT2D eigenvalue weighted by Crippen LogP contribution is 2.31. The molecule has 0 saturated heterocycles. The number of sulfonamides is 1. The molecule has 0 unspecified atom stereocenters. The van der Waals surface area contributed by atoms with Gasteiger partial charge in [-0.05, 0) is 30.7 Å². The van der Waals surface area contributed by atoms with Gasteiger partial charge in [0.15, 0.2) is 0 Å². The number of rotatable bonds is 7. The van der Waals surface area contributed by atoms with Crippen molar-refractivity contribution in [3.63, 3.8) is 0 Å². The fourth-order valence-corrected chi connectivity index (χ4v) is 4.34. The maximum Gasteiger partial charge on any atom is 0.471 e. The van der Waals surface area contributed by atoms with Crippen LogP contribution in [0.2, 0.25) is 0 Å². The van der Waals surface area contributed by atoms with E-state index in [1.54, 1.807) is 18.2 Å². The normalized spacial score (nSPS) is 12.5. The topological polar surface area (TPSA) is 116 Å². The van der Waals surface area contributed by atoms with Crippen molar-refractivity contribution in [1.29, 1.82) is 0 Å². The van der Waals surface area contributed by atoms with Gasteiger partial charge in [0.05, 0.1) is 5.75 Å². The van der Waals surface area contributed by atoms with E-state index >= 15 is 0 Å². The first-order chi connectivity index (χ1) is 15.1. The summed E-state index contributed by atoms with van der Waals surface area (Å²) in [7, 11) is -3.57. The monoisotopic (exact) mass is 466 g/mol. The SMILES string of the molecule is Cc1cn(CCNS(=O)(=O)Cc2cncnc2)c2ccc(-c3noc(C(F)(F)F)n3)cc12. The highest BCUT2D eigenvalue weighted by atomic mass is 32.2. The molecule has 3 aromatic heterocycles. The summed E-state index contributed by atoms with van der Waals surface area (Å²) >= 11 is 0. The molecule has 0 amide bonds. The first kappa shape index (κ1) is 21.9. The van der Waals surface area contributed by atoms with Crippen LogP contribution in [0.5, 0.6) is 0 Å². The van der Waals surface area contributed by atoms with Crippen LogP contribution in [-0.2, 0) is 28.5 Å². The summed E-state index contributed by atoms with van der Waals surface area (Å²) in [6.07, 6.45) is 1.32. The Balaban J connectivity index is 1.48. The highest BCUT2D eigenvalue weighted by Gasteiger charge is 2.38. The van der Waals surface area contributed by atoms with Crippen LogP contribution in [0.3, 0.4) is 0 Å². The maximum atomic E-state index is 12.7. The number of hydrogen-bond donors (Lipinski definition) is 1. The van der Waals surface area contributed by atoms with E-state index in [0.29, 0.717) is 17.7 Å². The minimum Gasteiger partial charge on any atom is -0.346 e. The molecule has 32 heavy (non-hydrogen) atoms. The first-order valence-electron chi connectivity index (χ1n) is 9.34. The number of nitrogens with zero attached hydrogens (tertiary/aromatic N) is 5. The Morgan fingerprint density at radius 1 is 1.19 bits per heavy atom. The zero-order valence-electron chi connectivity index (χ0n) is 16.7. The number of aromatic nitrogens is 5. The number of aryl methyl sites for hydroxylation is 1. The predicted molar refractivity (Wildman–Crippen MR) is 108 cm³/mol. The molecule has 3 heterocycles. The van der Waals surface area contributed by atoms with Gasteiger partial charge in [-0.25, -0.2) is 23.1 Å². The number of alkyl halides is 3. The Kier molecular flexibility index (Phi) is 5.69. The van der Waals surface area contributed by atoms with Crippen LogP contribution in [0.1, 0.15) is 17.0 Å². The van der Waals surface area contributed by atoms with E-state index in [0.717, 1.165) is 16.5 Å². The van der Waals surface area contributed by atoms with Gasteiger partial charge in [0.1, 0.15) is 6.33 Å². The van der Waals surface area contributed by atoms with E-state index < -0.39 is 22.1 Å². The molecule has 0 bridgehead atoms. The van der Waals surface area contributed by atoms with Crippen molar-refractivity contribution < 1.29 is 26.1 Å². The fraction of sp³-hybridized carbons (Fsp3) is 0.263. The molecule has 0 radical (unpaired) electrons. The lowest BCUT2D eigenvalue weighted by Gasteiger charge is -2.08. The van der Waals surface area contributed by atoms with Gasteiger partial charge in [-0.2, -0.15) is 18.2 Å². The minimum atomic E-state index is -4.71. The van der Waals surface area contributed by atoms with Crippen LogP contribution in [0.4, 0.5) is 13.2 Å². The van der Waals surface area contributed by atoms with Crippen molar-refractivity contribution in [2.24, 2.45) is 0 Å². The number of hydrogen-bond acceptors (Lipinski definition) is 7. The molecular weight excluding hydrogens is 449 g/mol. The van der Waals surface area contributed by atoms with Crippen molar-refractivity contribution in [1.82, 2.24) is 29.4 Å². The smallest absolute Gasteiger partial charge is 0.346 e. The number of benzene rings is 1. The zero-order chi connectivity index (χ0) is 22.9. The van der Waals surface area contributed by atoms with Gasteiger partial charge in [0.2, 0.25) is 15.8 Å². The van der Waals surface area contributed by atoms with E-state index in [2.05, 4.69) is 29.4 Å². The molecule has 0 aliphatic carbocycles. The second kappa shape index (κ2) is 8.31. The Morgan fingerprint density at radius 3 is 2.62 bits per heavy atom. The average molecular weight is 466 g/mol. The minimum absolute atomic E-state index is 0.154. The molecule has 4 aromatic rings. The molecule has 0 fully saturated rings. The Labute approximate surface area is 180 Å². The van der Waals surface area contributed by atoms with Crippen LogP contribution in [0, 0.1) is 6.92 Å². The van der Waals surface area contributed by atoms with E-state index in [9.17, 15) is 21.6 Å². The molecule has 4 rings (SSSR count). The summed E-state index contributed by atoms with van der Waals surface area (Å²) in [5, 5.41) is 4.19. The lowest BCUT2D eigenvalue weighted by Crippen LogP contribution is -2.28. The lowest BCUT2D eigenvalue weighted by atomic mass is 10.1. The van der Waals surface area contributed by atoms with Crippen molar-refractivity contribution in [2.75, 3.05) is 6.54 Å². The summed E-state index contributed by atoms with van der Waals surface area (Å²) in [5.41, 5.74) is 2.51.